The third kappa shape index (κ3) is 3.27. The molecule has 0 aromatic heterocycles. The maximum atomic E-state index is 12.0. The van der Waals surface area contributed by atoms with Gasteiger partial charge in [0.25, 0.3) is 0 Å². The molecule has 1 atom stereocenters. The van der Waals surface area contributed by atoms with E-state index < -0.39 is 16.1 Å². The first-order valence-electron chi connectivity index (χ1n) is 5.20. The smallest absolute Gasteiger partial charge is 0.242 e. The first kappa shape index (κ1) is 15.5. The summed E-state index contributed by atoms with van der Waals surface area (Å²) in [5, 5.41) is 9.06. The fraction of sp³-hybridized carbons (Fsp3) is 0.400. The highest BCUT2D eigenvalue weighted by atomic mass is 35.5. The molecular weight excluding hydrogens is 299 g/mol. The van der Waals surface area contributed by atoms with Crippen LogP contribution in [-0.4, -0.2) is 26.2 Å². The van der Waals surface area contributed by atoms with Gasteiger partial charge in [-0.1, -0.05) is 30.1 Å². The predicted octanol–water partition coefficient (Wildman–Crippen LogP) is 1.62. The van der Waals surface area contributed by atoms with Crippen LogP contribution in [0.2, 0.25) is 10.0 Å². The standard InChI is InChI=1S/C10H14Cl2N2O3S/c1-2-6(5-15)14-18(16,17)8-4-3-7(11)10(13)9(8)12/h3-4,6,14-15H,2,5,13H2,1H3/t6-/m0/s1. The van der Waals surface area contributed by atoms with Gasteiger partial charge in [0.1, 0.15) is 4.90 Å². The number of benzene rings is 1. The van der Waals surface area contributed by atoms with Crippen molar-refractivity contribution >= 4 is 38.9 Å². The van der Waals surface area contributed by atoms with E-state index in [0.717, 1.165) is 0 Å². The van der Waals surface area contributed by atoms with Crippen LogP contribution in [0.25, 0.3) is 0 Å². The van der Waals surface area contributed by atoms with Crippen molar-refractivity contribution in [3.63, 3.8) is 0 Å². The second-order valence-corrected chi connectivity index (χ2v) is 6.15. The molecule has 8 heteroatoms. The van der Waals surface area contributed by atoms with E-state index in [1.54, 1.807) is 6.92 Å². The largest absolute Gasteiger partial charge is 0.396 e. The van der Waals surface area contributed by atoms with Crippen LogP contribution in [0.5, 0.6) is 0 Å². The van der Waals surface area contributed by atoms with E-state index in [9.17, 15) is 8.42 Å². The maximum Gasteiger partial charge on any atom is 0.242 e. The lowest BCUT2D eigenvalue weighted by atomic mass is 10.3. The van der Waals surface area contributed by atoms with Crippen molar-refractivity contribution in [3.8, 4) is 0 Å². The normalized spacial score (nSPS) is 13.6. The Hall–Kier alpha value is -0.530. The van der Waals surface area contributed by atoms with E-state index >= 15 is 0 Å². The molecule has 0 spiro atoms. The Morgan fingerprint density at radius 2 is 2.06 bits per heavy atom. The molecule has 0 aliphatic rings. The van der Waals surface area contributed by atoms with Crippen molar-refractivity contribution in [3.05, 3.63) is 22.2 Å². The second kappa shape index (κ2) is 6.08. The summed E-state index contributed by atoms with van der Waals surface area (Å²) >= 11 is 11.6. The summed E-state index contributed by atoms with van der Waals surface area (Å²) in [6.07, 6.45) is 0.455. The van der Waals surface area contributed by atoms with E-state index in [-0.39, 0.29) is 27.2 Å². The zero-order chi connectivity index (χ0) is 13.9. The number of sulfonamides is 1. The van der Waals surface area contributed by atoms with Crippen LogP contribution in [0.15, 0.2) is 17.0 Å². The van der Waals surface area contributed by atoms with Gasteiger partial charge in [0.15, 0.2) is 0 Å². The molecule has 0 amide bonds. The Bertz CT molecular complexity index is 530. The molecule has 5 nitrogen and oxygen atoms in total. The molecule has 1 aromatic rings. The summed E-state index contributed by atoms with van der Waals surface area (Å²) < 4.78 is 26.4. The molecule has 0 radical (unpaired) electrons. The molecular formula is C10H14Cl2N2O3S. The molecule has 0 fully saturated rings. The van der Waals surface area contributed by atoms with Gasteiger partial charge in [0.05, 0.1) is 22.3 Å². The molecule has 0 heterocycles. The van der Waals surface area contributed by atoms with Crippen molar-refractivity contribution in [2.75, 3.05) is 12.3 Å². The first-order valence-corrected chi connectivity index (χ1v) is 7.44. The van der Waals surface area contributed by atoms with Crippen LogP contribution in [-0.2, 0) is 10.0 Å². The summed E-state index contributed by atoms with van der Waals surface area (Å²) in [6.45, 7) is 1.46. The van der Waals surface area contributed by atoms with Crippen LogP contribution in [0.3, 0.4) is 0 Å². The summed E-state index contributed by atoms with van der Waals surface area (Å²) in [7, 11) is -3.83. The summed E-state index contributed by atoms with van der Waals surface area (Å²) in [5.41, 5.74) is 5.58. The molecule has 1 aromatic carbocycles. The highest BCUT2D eigenvalue weighted by Gasteiger charge is 2.23. The van der Waals surface area contributed by atoms with Gasteiger partial charge in [0.2, 0.25) is 10.0 Å². The topological polar surface area (TPSA) is 92.4 Å². The average molecular weight is 313 g/mol. The van der Waals surface area contributed by atoms with Gasteiger partial charge < -0.3 is 10.8 Å². The molecule has 0 saturated heterocycles. The fourth-order valence-electron chi connectivity index (χ4n) is 1.29. The average Bonchev–Trinajstić information content (AvgIpc) is 2.32. The lowest BCUT2D eigenvalue weighted by molar-refractivity contribution is 0.254. The van der Waals surface area contributed by atoms with Gasteiger partial charge in [-0.2, -0.15) is 0 Å². The SMILES string of the molecule is CC[C@@H](CO)NS(=O)(=O)c1ccc(Cl)c(N)c1Cl. The Balaban J connectivity index is 3.17. The maximum absolute atomic E-state index is 12.0. The van der Waals surface area contributed by atoms with Crippen molar-refractivity contribution in [2.24, 2.45) is 0 Å². The van der Waals surface area contributed by atoms with Gasteiger partial charge in [-0.25, -0.2) is 13.1 Å². The lowest BCUT2D eigenvalue weighted by Gasteiger charge is -2.16. The van der Waals surface area contributed by atoms with Gasteiger partial charge in [-0.3, -0.25) is 0 Å². The third-order valence-electron chi connectivity index (χ3n) is 2.42. The van der Waals surface area contributed by atoms with Crippen LogP contribution in [0.1, 0.15) is 13.3 Å². The number of aliphatic hydroxyl groups is 1. The van der Waals surface area contributed by atoms with Gasteiger partial charge in [-0.15, -0.1) is 0 Å². The molecule has 102 valence electrons. The number of hydrogen-bond donors (Lipinski definition) is 3. The number of aliphatic hydroxyl groups excluding tert-OH is 1. The lowest BCUT2D eigenvalue weighted by Crippen LogP contribution is -2.37. The molecule has 0 saturated carbocycles. The second-order valence-electron chi connectivity index (χ2n) is 3.68. The number of nitrogens with two attached hydrogens (primary N) is 1. The zero-order valence-electron chi connectivity index (χ0n) is 9.65. The van der Waals surface area contributed by atoms with Crippen molar-refractivity contribution < 1.29 is 13.5 Å². The Morgan fingerprint density at radius 3 is 2.56 bits per heavy atom. The van der Waals surface area contributed by atoms with Crippen LogP contribution < -0.4 is 10.5 Å². The van der Waals surface area contributed by atoms with E-state index in [0.29, 0.717) is 6.42 Å². The molecule has 0 unspecified atom stereocenters. The van der Waals surface area contributed by atoms with Crippen molar-refractivity contribution in [1.29, 1.82) is 0 Å². The number of nitrogens with one attached hydrogen (secondary N) is 1. The highest BCUT2D eigenvalue weighted by molar-refractivity contribution is 7.89. The molecule has 18 heavy (non-hydrogen) atoms. The van der Waals surface area contributed by atoms with Gasteiger partial charge in [-0.05, 0) is 18.6 Å². The quantitative estimate of drug-likeness (QED) is 0.720. The summed E-state index contributed by atoms with van der Waals surface area (Å²) in [4.78, 5) is -0.155. The summed E-state index contributed by atoms with van der Waals surface area (Å²) in [6, 6.07) is 2.06. The third-order valence-corrected chi connectivity index (χ3v) is 4.83. The van der Waals surface area contributed by atoms with E-state index in [1.807, 2.05) is 0 Å². The highest BCUT2D eigenvalue weighted by Crippen LogP contribution is 2.33. The minimum Gasteiger partial charge on any atom is -0.396 e. The molecule has 1 rings (SSSR count). The minimum atomic E-state index is -3.83. The molecule has 0 bridgehead atoms. The van der Waals surface area contributed by atoms with E-state index in [4.69, 9.17) is 34.0 Å². The predicted molar refractivity (Wildman–Crippen MR) is 72.4 cm³/mol. The van der Waals surface area contributed by atoms with E-state index in [2.05, 4.69) is 4.72 Å². The van der Waals surface area contributed by atoms with Gasteiger partial charge >= 0.3 is 0 Å². The van der Waals surface area contributed by atoms with Crippen LogP contribution >= 0.6 is 23.2 Å². The van der Waals surface area contributed by atoms with Crippen molar-refractivity contribution in [2.45, 2.75) is 24.3 Å². The van der Waals surface area contributed by atoms with E-state index in [1.165, 1.54) is 12.1 Å². The molecule has 0 aliphatic carbocycles. The Labute approximate surface area is 116 Å². The number of anilines is 1. The van der Waals surface area contributed by atoms with Crippen molar-refractivity contribution in [1.82, 2.24) is 4.72 Å². The monoisotopic (exact) mass is 312 g/mol. The Morgan fingerprint density at radius 1 is 1.44 bits per heavy atom. The Kier molecular flexibility index (Phi) is 5.24. The number of rotatable bonds is 5. The number of nitrogen functional groups attached to an aromatic ring is 1. The molecule has 4 N–H and O–H groups in total. The minimum absolute atomic E-state index is 0.0123. The van der Waals surface area contributed by atoms with Crippen LogP contribution in [0.4, 0.5) is 5.69 Å². The van der Waals surface area contributed by atoms with Gasteiger partial charge in [0, 0.05) is 6.04 Å². The number of hydrogen-bond acceptors (Lipinski definition) is 4. The molecule has 0 aliphatic heterocycles. The summed E-state index contributed by atoms with van der Waals surface area (Å²) in [5.74, 6) is 0. The first-order chi connectivity index (χ1) is 8.33. The zero-order valence-corrected chi connectivity index (χ0v) is 12.0. The fourth-order valence-corrected chi connectivity index (χ4v) is 3.36. The number of halogens is 2. The van der Waals surface area contributed by atoms with Crippen LogP contribution in [0, 0.1) is 0 Å².